The molecule has 0 atom stereocenters. The van der Waals surface area contributed by atoms with Gasteiger partial charge in [-0.05, 0) is 35.4 Å². The maximum atomic E-state index is 12.6. The molecule has 30 heavy (non-hydrogen) atoms. The number of fused-ring (bicyclic) bond motifs is 1. The zero-order valence-electron chi connectivity index (χ0n) is 16.0. The predicted molar refractivity (Wildman–Crippen MR) is 112 cm³/mol. The van der Waals surface area contributed by atoms with Crippen LogP contribution in [-0.4, -0.2) is 21.4 Å². The fraction of sp³-hybridized carbons (Fsp3) is 0.0455. The van der Waals surface area contributed by atoms with Crippen LogP contribution in [0.15, 0.2) is 88.2 Å². The molecule has 1 heterocycles. The number of carbonyl (C=O) groups is 1. The molecule has 4 aromatic rings. The first-order valence-corrected chi connectivity index (χ1v) is 10.5. The van der Waals surface area contributed by atoms with E-state index in [1.807, 2.05) is 42.5 Å². The number of hydrogen-bond donors (Lipinski definition) is 2. The summed E-state index contributed by atoms with van der Waals surface area (Å²) in [6.45, 7) is 0. The number of rotatable bonds is 6. The highest BCUT2D eigenvalue weighted by Gasteiger charge is 2.24. The highest BCUT2D eigenvalue weighted by Crippen LogP contribution is 2.35. The van der Waals surface area contributed by atoms with E-state index in [-0.39, 0.29) is 16.4 Å². The van der Waals surface area contributed by atoms with Crippen molar-refractivity contribution in [2.75, 3.05) is 7.11 Å². The molecule has 0 saturated carbocycles. The molecule has 0 saturated heterocycles. The third-order valence-electron chi connectivity index (χ3n) is 4.51. The van der Waals surface area contributed by atoms with Crippen molar-refractivity contribution in [1.82, 2.24) is 10.3 Å². The molecule has 0 radical (unpaired) electrons. The lowest BCUT2D eigenvalue weighted by molar-refractivity contribution is 0.0915. The van der Waals surface area contributed by atoms with E-state index in [4.69, 9.17) is 9.15 Å². The quantitative estimate of drug-likeness (QED) is 0.462. The van der Waals surface area contributed by atoms with E-state index in [1.165, 1.54) is 19.2 Å². The van der Waals surface area contributed by atoms with Gasteiger partial charge in [-0.2, -0.15) is 0 Å². The Labute approximate surface area is 173 Å². The Morgan fingerprint density at radius 3 is 2.23 bits per heavy atom. The van der Waals surface area contributed by atoms with Crippen molar-refractivity contribution in [3.63, 3.8) is 0 Å². The molecular weight excluding hydrogens is 404 g/mol. The first kappa shape index (κ1) is 19.7. The minimum Gasteiger partial charge on any atom is -0.492 e. The van der Waals surface area contributed by atoms with Crippen molar-refractivity contribution in [3.05, 3.63) is 84.6 Å². The second kappa shape index (κ2) is 8.02. The van der Waals surface area contributed by atoms with Gasteiger partial charge in [0.05, 0.1) is 17.4 Å². The molecule has 7 nitrogen and oxygen atoms in total. The zero-order chi connectivity index (χ0) is 21.1. The summed E-state index contributed by atoms with van der Waals surface area (Å²) in [7, 11) is -2.50. The van der Waals surface area contributed by atoms with Crippen LogP contribution in [0, 0.1) is 0 Å². The van der Waals surface area contributed by atoms with Crippen LogP contribution in [0.4, 0.5) is 0 Å². The number of nitrogens with one attached hydrogen (secondary N) is 2. The average Bonchev–Trinajstić information content (AvgIpc) is 3.16. The Kier molecular flexibility index (Phi) is 5.26. The van der Waals surface area contributed by atoms with Crippen LogP contribution in [0.5, 0.6) is 5.75 Å². The molecule has 152 valence electrons. The standard InChI is InChI=1S/C22H18N2O5S/c1-28-20-18-14-16(15-8-4-2-5-9-15)12-13-19(18)29-21(20)22(25)23-24-30(26,27)17-10-6-3-7-11-17/h2-14,24H,1H3,(H,23,25). The summed E-state index contributed by atoms with van der Waals surface area (Å²) in [6.07, 6.45) is 0. The van der Waals surface area contributed by atoms with Crippen LogP contribution in [0.1, 0.15) is 10.6 Å². The van der Waals surface area contributed by atoms with E-state index >= 15 is 0 Å². The van der Waals surface area contributed by atoms with Crippen LogP contribution >= 0.6 is 0 Å². The molecule has 1 amide bonds. The molecule has 0 spiro atoms. The summed E-state index contributed by atoms with van der Waals surface area (Å²) < 4.78 is 35.7. The Hall–Kier alpha value is -3.62. The van der Waals surface area contributed by atoms with Gasteiger partial charge < -0.3 is 9.15 Å². The molecule has 4 rings (SSSR count). The third-order valence-corrected chi connectivity index (χ3v) is 5.78. The summed E-state index contributed by atoms with van der Waals surface area (Å²) in [4.78, 5) is 14.7. The van der Waals surface area contributed by atoms with E-state index in [1.54, 1.807) is 24.3 Å². The minimum atomic E-state index is -3.92. The topological polar surface area (TPSA) is 97.6 Å². The zero-order valence-corrected chi connectivity index (χ0v) is 16.8. The number of ether oxygens (including phenoxy) is 1. The van der Waals surface area contributed by atoms with Gasteiger partial charge in [0, 0.05) is 0 Å². The molecule has 0 aliphatic carbocycles. The summed E-state index contributed by atoms with van der Waals surface area (Å²) in [5.41, 5.74) is 4.55. The van der Waals surface area contributed by atoms with Crippen LogP contribution in [0.3, 0.4) is 0 Å². The van der Waals surface area contributed by atoms with Crippen LogP contribution in [0.25, 0.3) is 22.1 Å². The van der Waals surface area contributed by atoms with Crippen molar-refractivity contribution in [2.45, 2.75) is 4.90 Å². The van der Waals surface area contributed by atoms with Crippen molar-refractivity contribution >= 4 is 26.9 Å². The first-order valence-electron chi connectivity index (χ1n) is 9.03. The fourth-order valence-corrected chi connectivity index (χ4v) is 3.93. The van der Waals surface area contributed by atoms with Crippen LogP contribution in [0.2, 0.25) is 0 Å². The Bertz CT molecular complexity index is 1300. The average molecular weight is 422 g/mol. The molecule has 0 aliphatic heterocycles. The Morgan fingerprint density at radius 1 is 0.900 bits per heavy atom. The van der Waals surface area contributed by atoms with Gasteiger partial charge in [-0.1, -0.05) is 54.6 Å². The number of furan rings is 1. The molecule has 0 unspecified atom stereocenters. The van der Waals surface area contributed by atoms with Crippen molar-refractivity contribution in [2.24, 2.45) is 0 Å². The van der Waals surface area contributed by atoms with E-state index in [0.29, 0.717) is 11.0 Å². The smallest absolute Gasteiger partial charge is 0.305 e. The highest BCUT2D eigenvalue weighted by molar-refractivity contribution is 7.89. The Morgan fingerprint density at radius 2 is 1.57 bits per heavy atom. The molecule has 0 bridgehead atoms. The lowest BCUT2D eigenvalue weighted by Gasteiger charge is -2.08. The summed E-state index contributed by atoms with van der Waals surface area (Å²) in [5, 5.41) is 0.606. The summed E-state index contributed by atoms with van der Waals surface area (Å²) in [6, 6.07) is 22.9. The third kappa shape index (κ3) is 3.78. The van der Waals surface area contributed by atoms with Gasteiger partial charge in [-0.3, -0.25) is 10.2 Å². The number of carbonyl (C=O) groups excluding carboxylic acids is 1. The molecule has 1 aromatic heterocycles. The maximum Gasteiger partial charge on any atom is 0.305 e. The molecular formula is C22H18N2O5S. The van der Waals surface area contributed by atoms with Gasteiger partial charge in [-0.15, -0.1) is 4.83 Å². The molecule has 2 N–H and O–H groups in total. The Balaban J connectivity index is 1.63. The number of sulfonamides is 1. The van der Waals surface area contributed by atoms with Gasteiger partial charge in [0.2, 0.25) is 5.76 Å². The van der Waals surface area contributed by atoms with Crippen LogP contribution in [-0.2, 0) is 10.0 Å². The molecule has 0 aliphatic rings. The monoisotopic (exact) mass is 422 g/mol. The van der Waals surface area contributed by atoms with Gasteiger partial charge >= 0.3 is 5.91 Å². The van der Waals surface area contributed by atoms with Crippen molar-refractivity contribution in [3.8, 4) is 16.9 Å². The van der Waals surface area contributed by atoms with E-state index < -0.39 is 15.9 Å². The number of methoxy groups -OCH3 is 1. The minimum absolute atomic E-state index is 0.0226. The van der Waals surface area contributed by atoms with Gasteiger partial charge in [0.1, 0.15) is 5.58 Å². The van der Waals surface area contributed by atoms with E-state index in [0.717, 1.165) is 11.1 Å². The molecule has 8 heteroatoms. The summed E-state index contributed by atoms with van der Waals surface area (Å²) >= 11 is 0. The number of hydrazine groups is 1. The van der Waals surface area contributed by atoms with E-state index in [2.05, 4.69) is 10.3 Å². The van der Waals surface area contributed by atoms with Crippen molar-refractivity contribution < 1.29 is 22.4 Å². The lowest BCUT2D eigenvalue weighted by Crippen LogP contribution is -2.41. The normalized spacial score (nSPS) is 11.4. The van der Waals surface area contributed by atoms with Gasteiger partial charge in [0.15, 0.2) is 5.75 Å². The van der Waals surface area contributed by atoms with E-state index in [9.17, 15) is 13.2 Å². The number of benzene rings is 3. The molecule has 0 fully saturated rings. The van der Waals surface area contributed by atoms with Gasteiger partial charge in [0.25, 0.3) is 10.0 Å². The first-order chi connectivity index (χ1) is 14.5. The number of hydrogen-bond acceptors (Lipinski definition) is 5. The SMILES string of the molecule is COc1c(C(=O)NNS(=O)(=O)c2ccccc2)oc2ccc(-c3ccccc3)cc12. The largest absolute Gasteiger partial charge is 0.492 e. The second-order valence-electron chi connectivity index (χ2n) is 6.41. The van der Waals surface area contributed by atoms with Crippen molar-refractivity contribution in [1.29, 1.82) is 0 Å². The second-order valence-corrected chi connectivity index (χ2v) is 8.10. The summed E-state index contributed by atoms with van der Waals surface area (Å²) in [5.74, 6) is -0.684. The fourth-order valence-electron chi connectivity index (χ4n) is 3.07. The number of amides is 1. The maximum absolute atomic E-state index is 12.6. The predicted octanol–water partition coefficient (Wildman–Crippen LogP) is 3.73. The van der Waals surface area contributed by atoms with Gasteiger partial charge in [-0.25, -0.2) is 8.42 Å². The lowest BCUT2D eigenvalue weighted by atomic mass is 10.0. The highest BCUT2D eigenvalue weighted by atomic mass is 32.2. The van der Waals surface area contributed by atoms with Crippen LogP contribution < -0.4 is 15.0 Å². The molecule has 3 aromatic carbocycles.